The Hall–Kier alpha value is -2.55. The van der Waals surface area contributed by atoms with Gasteiger partial charge < -0.3 is 9.97 Å². The maximum atomic E-state index is 10.0. The van der Waals surface area contributed by atoms with Crippen molar-refractivity contribution in [3.05, 3.63) is 84.9 Å². The Balaban J connectivity index is 0.000000141. The zero-order valence-electron chi connectivity index (χ0n) is 9.99. The summed E-state index contributed by atoms with van der Waals surface area (Å²) in [6.07, 6.45) is 8.33. The molecule has 2 aromatic heterocycles. The first-order valence-corrected chi connectivity index (χ1v) is 5.59. The lowest BCUT2D eigenvalue weighted by Gasteiger charge is -1.81. The largest absolute Gasteiger partial charge is 0.368 e. The van der Waals surface area contributed by atoms with Gasteiger partial charge in [0.1, 0.15) is 6.29 Å². The van der Waals surface area contributed by atoms with Crippen LogP contribution in [0.2, 0.25) is 0 Å². The van der Waals surface area contributed by atoms with E-state index >= 15 is 0 Å². The van der Waals surface area contributed by atoms with Gasteiger partial charge in [0.15, 0.2) is 0 Å². The number of hydrogen-bond donors (Lipinski definition) is 2. The topological polar surface area (TPSA) is 48.6 Å². The molecule has 1 aromatic carbocycles. The molecule has 0 saturated heterocycles. The summed E-state index contributed by atoms with van der Waals surface area (Å²) < 4.78 is 0. The van der Waals surface area contributed by atoms with Crippen LogP contribution in [0.5, 0.6) is 0 Å². The molecule has 0 aliphatic rings. The van der Waals surface area contributed by atoms with E-state index < -0.39 is 0 Å². The minimum atomic E-state index is 0.729. The fourth-order valence-corrected chi connectivity index (χ4v) is 1.09. The van der Waals surface area contributed by atoms with Crippen LogP contribution in [-0.2, 0) is 0 Å². The second-order valence-corrected chi connectivity index (χ2v) is 3.30. The monoisotopic (exact) mass is 240 g/mol. The molecule has 3 heteroatoms. The van der Waals surface area contributed by atoms with Crippen LogP contribution in [0, 0.1) is 0 Å². The molecule has 0 radical (unpaired) electrons. The summed E-state index contributed by atoms with van der Waals surface area (Å²) in [5.74, 6) is 0. The third kappa shape index (κ3) is 6.85. The van der Waals surface area contributed by atoms with Crippen LogP contribution >= 0.6 is 0 Å². The number of aromatic amines is 2. The van der Waals surface area contributed by atoms with Crippen LogP contribution in [0.15, 0.2) is 79.4 Å². The smallest absolute Gasteiger partial charge is 0.150 e. The van der Waals surface area contributed by atoms with Crippen molar-refractivity contribution < 1.29 is 4.79 Å². The Morgan fingerprint density at radius 2 is 1.11 bits per heavy atom. The first-order valence-electron chi connectivity index (χ1n) is 5.59. The van der Waals surface area contributed by atoms with Gasteiger partial charge in [0.25, 0.3) is 0 Å². The summed E-state index contributed by atoms with van der Waals surface area (Å²) in [5.41, 5.74) is 0.729. The van der Waals surface area contributed by atoms with Crippen molar-refractivity contribution in [2.45, 2.75) is 0 Å². The van der Waals surface area contributed by atoms with Gasteiger partial charge in [-0.2, -0.15) is 0 Å². The van der Waals surface area contributed by atoms with E-state index in [9.17, 15) is 4.79 Å². The molecule has 2 N–H and O–H groups in total. The van der Waals surface area contributed by atoms with E-state index in [4.69, 9.17) is 0 Å². The van der Waals surface area contributed by atoms with Crippen LogP contribution in [0.4, 0.5) is 0 Å². The number of hydrogen-bond acceptors (Lipinski definition) is 1. The van der Waals surface area contributed by atoms with Gasteiger partial charge >= 0.3 is 0 Å². The maximum absolute atomic E-state index is 10.0. The number of carbonyl (C=O) groups is 1. The molecule has 18 heavy (non-hydrogen) atoms. The number of benzene rings is 1. The highest BCUT2D eigenvalue weighted by molar-refractivity contribution is 5.74. The molecule has 3 nitrogen and oxygen atoms in total. The molecule has 0 saturated carbocycles. The lowest BCUT2D eigenvalue weighted by atomic mass is 10.2. The maximum Gasteiger partial charge on any atom is 0.150 e. The lowest BCUT2D eigenvalue weighted by molar-refractivity contribution is 0.112. The summed E-state index contributed by atoms with van der Waals surface area (Å²) in [7, 11) is 0. The van der Waals surface area contributed by atoms with Crippen LogP contribution in [0.3, 0.4) is 0 Å². The van der Waals surface area contributed by atoms with E-state index in [1.54, 1.807) is 12.1 Å². The van der Waals surface area contributed by atoms with Gasteiger partial charge in [0.05, 0.1) is 0 Å². The summed E-state index contributed by atoms with van der Waals surface area (Å²) in [6.45, 7) is 0. The van der Waals surface area contributed by atoms with Crippen molar-refractivity contribution >= 4 is 6.29 Å². The Kier molecular flexibility index (Phi) is 7.25. The standard InChI is InChI=1S/C7H6O.2C4H5N/c8-6-7-4-2-1-3-5-7;2*1-2-4-5-3-1/h1-6H;2*1-5H. The van der Waals surface area contributed by atoms with E-state index in [-0.39, 0.29) is 0 Å². The normalized spacial score (nSPS) is 8.22. The van der Waals surface area contributed by atoms with E-state index in [1.165, 1.54) is 0 Å². The molecule has 0 unspecified atom stereocenters. The summed E-state index contributed by atoms with van der Waals surface area (Å²) >= 11 is 0. The first-order chi connectivity index (χ1) is 8.93. The van der Waals surface area contributed by atoms with Crippen molar-refractivity contribution in [1.82, 2.24) is 9.97 Å². The van der Waals surface area contributed by atoms with Crippen molar-refractivity contribution in [3.8, 4) is 0 Å². The van der Waals surface area contributed by atoms with Gasteiger partial charge in [-0.25, -0.2) is 0 Å². The second kappa shape index (κ2) is 9.66. The second-order valence-electron chi connectivity index (χ2n) is 3.30. The average Bonchev–Trinajstić information content (AvgIpc) is 3.17. The zero-order chi connectivity index (χ0) is 12.9. The highest BCUT2D eigenvalue weighted by Crippen LogP contribution is 1.91. The Morgan fingerprint density at radius 1 is 0.667 bits per heavy atom. The van der Waals surface area contributed by atoms with Gasteiger partial charge in [-0.15, -0.1) is 0 Å². The Bertz CT molecular complexity index is 412. The Morgan fingerprint density at radius 3 is 1.33 bits per heavy atom. The molecule has 0 spiro atoms. The number of nitrogens with one attached hydrogen (secondary N) is 2. The van der Waals surface area contributed by atoms with E-state index in [0.29, 0.717) is 0 Å². The molecule has 3 aromatic rings. The van der Waals surface area contributed by atoms with Crippen LogP contribution < -0.4 is 0 Å². The van der Waals surface area contributed by atoms with Gasteiger partial charge in [0.2, 0.25) is 0 Å². The highest BCUT2D eigenvalue weighted by Gasteiger charge is 1.80. The number of aldehydes is 1. The predicted molar refractivity (Wildman–Crippen MR) is 73.4 cm³/mol. The molecule has 0 aliphatic heterocycles. The molecule has 0 bridgehead atoms. The first kappa shape index (κ1) is 13.5. The van der Waals surface area contributed by atoms with Crippen molar-refractivity contribution in [2.24, 2.45) is 0 Å². The summed E-state index contributed by atoms with van der Waals surface area (Å²) in [4.78, 5) is 15.7. The van der Waals surface area contributed by atoms with Gasteiger partial charge in [-0.1, -0.05) is 30.3 Å². The summed E-state index contributed by atoms with van der Waals surface area (Å²) in [6, 6.07) is 16.9. The van der Waals surface area contributed by atoms with Gasteiger partial charge in [-0.3, -0.25) is 4.79 Å². The molecule has 0 atom stereocenters. The molecule has 0 aliphatic carbocycles. The molecule has 0 amide bonds. The molecule has 0 fully saturated rings. The minimum Gasteiger partial charge on any atom is -0.368 e. The van der Waals surface area contributed by atoms with Crippen LogP contribution in [-0.4, -0.2) is 16.3 Å². The highest BCUT2D eigenvalue weighted by atomic mass is 16.1. The zero-order valence-corrected chi connectivity index (χ0v) is 9.99. The molecular formula is C15H16N2O. The number of H-pyrrole nitrogens is 2. The fraction of sp³-hybridized carbons (Fsp3) is 0. The average molecular weight is 240 g/mol. The van der Waals surface area contributed by atoms with E-state index in [1.807, 2.05) is 67.3 Å². The quantitative estimate of drug-likeness (QED) is 0.628. The Labute approximate surface area is 107 Å². The number of rotatable bonds is 1. The third-order valence-electron chi connectivity index (χ3n) is 1.93. The van der Waals surface area contributed by atoms with E-state index in [2.05, 4.69) is 9.97 Å². The van der Waals surface area contributed by atoms with Crippen LogP contribution in [0.1, 0.15) is 10.4 Å². The predicted octanol–water partition coefficient (Wildman–Crippen LogP) is 3.53. The third-order valence-corrected chi connectivity index (χ3v) is 1.93. The minimum absolute atomic E-state index is 0.729. The van der Waals surface area contributed by atoms with Crippen molar-refractivity contribution in [3.63, 3.8) is 0 Å². The fourth-order valence-electron chi connectivity index (χ4n) is 1.09. The molecular weight excluding hydrogens is 224 g/mol. The SMILES string of the molecule is O=Cc1ccccc1.c1cc[nH]c1.c1cc[nH]c1. The molecule has 2 heterocycles. The van der Waals surface area contributed by atoms with Crippen molar-refractivity contribution in [2.75, 3.05) is 0 Å². The molecule has 92 valence electrons. The lowest BCUT2D eigenvalue weighted by Crippen LogP contribution is -1.73. The van der Waals surface area contributed by atoms with Gasteiger partial charge in [0, 0.05) is 30.4 Å². The summed E-state index contributed by atoms with van der Waals surface area (Å²) in [5, 5.41) is 0. The molecule has 3 rings (SSSR count). The van der Waals surface area contributed by atoms with Gasteiger partial charge in [-0.05, 0) is 24.3 Å². The number of carbonyl (C=O) groups excluding carboxylic acids is 1. The van der Waals surface area contributed by atoms with Crippen LogP contribution in [0.25, 0.3) is 0 Å². The van der Waals surface area contributed by atoms with Crippen molar-refractivity contribution in [1.29, 1.82) is 0 Å². The van der Waals surface area contributed by atoms with E-state index in [0.717, 1.165) is 11.8 Å². The number of aromatic nitrogens is 2.